The molecule has 0 saturated carbocycles. The molecule has 4 rings (SSSR count). The van der Waals surface area contributed by atoms with Crippen molar-refractivity contribution >= 4 is 28.9 Å². The number of amides is 2. The number of nitrogens with one attached hydrogen (secondary N) is 1. The fourth-order valence-corrected chi connectivity index (χ4v) is 4.13. The van der Waals surface area contributed by atoms with Gasteiger partial charge in [-0.1, -0.05) is 12.1 Å². The Hall–Kier alpha value is -3.46. The van der Waals surface area contributed by atoms with Crippen LogP contribution in [0.5, 0.6) is 17.2 Å². The van der Waals surface area contributed by atoms with Crippen molar-refractivity contribution in [3.63, 3.8) is 0 Å². The van der Waals surface area contributed by atoms with Crippen LogP contribution in [-0.4, -0.2) is 64.0 Å². The molecule has 1 saturated heterocycles. The maximum absolute atomic E-state index is 13.3. The second-order valence-electron chi connectivity index (χ2n) is 7.97. The Kier molecular flexibility index (Phi) is 7.42. The van der Waals surface area contributed by atoms with E-state index >= 15 is 0 Å². The van der Waals surface area contributed by atoms with Gasteiger partial charge in [-0.05, 0) is 26.0 Å². The summed E-state index contributed by atoms with van der Waals surface area (Å²) in [5.74, 6) is 1.16. The molecule has 182 valence electrons. The van der Waals surface area contributed by atoms with E-state index in [2.05, 4.69) is 10.2 Å². The summed E-state index contributed by atoms with van der Waals surface area (Å²) in [6.07, 6.45) is -0.872. The minimum Gasteiger partial charge on any atom is -0.492 e. The molecule has 0 unspecified atom stereocenters. The molecule has 0 aromatic heterocycles. The molecule has 2 aromatic carbocycles. The molecule has 0 radical (unpaired) electrons. The molecule has 0 aliphatic carbocycles. The highest BCUT2D eigenvalue weighted by Crippen LogP contribution is 2.40. The Balaban J connectivity index is 1.61. The van der Waals surface area contributed by atoms with Crippen LogP contribution in [0.3, 0.4) is 0 Å². The van der Waals surface area contributed by atoms with Crippen LogP contribution >= 0.6 is 0 Å². The smallest absolute Gasteiger partial charge is 0.267 e. The van der Waals surface area contributed by atoms with E-state index in [-0.39, 0.29) is 18.4 Å². The molecule has 0 bridgehead atoms. The summed E-state index contributed by atoms with van der Waals surface area (Å²) in [5, 5.41) is 2.93. The SMILES string of the molecule is CCOc1cc(N2CCOCC2)c(OCC)cc1NC(=O)[C@@H]1CN(C(C)=O)c2ccccc2O1. The van der Waals surface area contributed by atoms with Gasteiger partial charge in [0, 0.05) is 32.1 Å². The van der Waals surface area contributed by atoms with E-state index in [1.54, 1.807) is 23.1 Å². The highest BCUT2D eigenvalue weighted by molar-refractivity contribution is 6.00. The van der Waals surface area contributed by atoms with Crippen LogP contribution in [0.2, 0.25) is 0 Å². The molecular weight excluding hydrogens is 438 g/mol. The van der Waals surface area contributed by atoms with Gasteiger partial charge in [0.1, 0.15) is 17.2 Å². The Morgan fingerprint density at radius 1 is 1.03 bits per heavy atom. The first-order valence-electron chi connectivity index (χ1n) is 11.6. The topological polar surface area (TPSA) is 89.6 Å². The largest absolute Gasteiger partial charge is 0.492 e. The van der Waals surface area contributed by atoms with Crippen LogP contribution in [-0.2, 0) is 14.3 Å². The van der Waals surface area contributed by atoms with E-state index in [0.717, 1.165) is 18.8 Å². The van der Waals surface area contributed by atoms with Gasteiger partial charge in [-0.25, -0.2) is 0 Å². The van der Waals surface area contributed by atoms with Gasteiger partial charge < -0.3 is 34.1 Å². The molecule has 2 aromatic rings. The van der Waals surface area contributed by atoms with Crippen LogP contribution in [0, 0.1) is 0 Å². The first-order valence-corrected chi connectivity index (χ1v) is 11.6. The zero-order valence-corrected chi connectivity index (χ0v) is 19.8. The number of fused-ring (bicyclic) bond motifs is 1. The molecule has 0 spiro atoms. The van der Waals surface area contributed by atoms with Crippen LogP contribution in [0.1, 0.15) is 20.8 Å². The van der Waals surface area contributed by atoms with E-state index < -0.39 is 6.10 Å². The van der Waals surface area contributed by atoms with E-state index in [1.807, 2.05) is 32.0 Å². The van der Waals surface area contributed by atoms with Crippen molar-refractivity contribution in [3.8, 4) is 17.2 Å². The third-order valence-corrected chi connectivity index (χ3v) is 5.72. The molecule has 2 amide bonds. The lowest BCUT2D eigenvalue weighted by Crippen LogP contribution is -2.48. The van der Waals surface area contributed by atoms with Gasteiger partial charge in [-0.15, -0.1) is 0 Å². The summed E-state index contributed by atoms with van der Waals surface area (Å²) in [4.78, 5) is 29.2. The predicted octanol–water partition coefficient (Wildman–Crippen LogP) is 3.07. The van der Waals surface area contributed by atoms with Crippen molar-refractivity contribution in [2.75, 3.05) is 61.2 Å². The van der Waals surface area contributed by atoms with Gasteiger partial charge in [0.2, 0.25) is 5.91 Å². The summed E-state index contributed by atoms with van der Waals surface area (Å²) in [6, 6.07) is 10.9. The van der Waals surface area contributed by atoms with Gasteiger partial charge in [0.05, 0.1) is 50.0 Å². The molecule has 1 atom stereocenters. The maximum atomic E-state index is 13.3. The quantitative estimate of drug-likeness (QED) is 0.667. The van der Waals surface area contributed by atoms with Gasteiger partial charge in [-0.3, -0.25) is 9.59 Å². The number of para-hydroxylation sites is 2. The third-order valence-electron chi connectivity index (χ3n) is 5.72. The Labute approximate surface area is 199 Å². The molecular formula is C25H31N3O6. The zero-order valence-electron chi connectivity index (χ0n) is 19.8. The average molecular weight is 470 g/mol. The number of hydrogen-bond donors (Lipinski definition) is 1. The molecule has 34 heavy (non-hydrogen) atoms. The molecule has 9 nitrogen and oxygen atoms in total. The molecule has 1 fully saturated rings. The standard InChI is InChI=1S/C25H31N3O6/c1-4-32-22-15-20(27-10-12-31-13-11-27)23(33-5-2)14-18(22)26-25(30)24-16-28(17(3)29)19-8-6-7-9-21(19)34-24/h6-9,14-15,24H,4-5,10-13,16H2,1-3H3,(H,26,30)/t24-/m0/s1. The van der Waals surface area contributed by atoms with Crippen molar-refractivity contribution < 1.29 is 28.5 Å². The molecule has 2 aliphatic rings. The molecule has 2 aliphatic heterocycles. The molecule has 1 N–H and O–H groups in total. The van der Waals surface area contributed by atoms with E-state index in [4.69, 9.17) is 18.9 Å². The second kappa shape index (κ2) is 10.6. The summed E-state index contributed by atoms with van der Waals surface area (Å²) >= 11 is 0. The van der Waals surface area contributed by atoms with Crippen molar-refractivity contribution in [1.82, 2.24) is 0 Å². The maximum Gasteiger partial charge on any atom is 0.267 e. The first-order chi connectivity index (χ1) is 16.5. The van der Waals surface area contributed by atoms with Crippen LogP contribution < -0.4 is 29.3 Å². The lowest BCUT2D eigenvalue weighted by molar-refractivity contribution is -0.123. The number of rotatable bonds is 7. The summed E-state index contributed by atoms with van der Waals surface area (Å²) in [6.45, 7) is 9.09. The number of benzene rings is 2. The summed E-state index contributed by atoms with van der Waals surface area (Å²) in [7, 11) is 0. The Morgan fingerprint density at radius 3 is 2.44 bits per heavy atom. The average Bonchev–Trinajstić information content (AvgIpc) is 2.85. The third kappa shape index (κ3) is 5.04. The van der Waals surface area contributed by atoms with Gasteiger partial charge in [0.25, 0.3) is 5.91 Å². The minimum absolute atomic E-state index is 0.117. The number of anilines is 3. The second-order valence-corrected chi connectivity index (χ2v) is 7.97. The van der Waals surface area contributed by atoms with E-state index in [0.29, 0.717) is 55.1 Å². The van der Waals surface area contributed by atoms with Gasteiger partial charge >= 0.3 is 0 Å². The van der Waals surface area contributed by atoms with Crippen LogP contribution in [0.4, 0.5) is 17.1 Å². The van der Waals surface area contributed by atoms with Gasteiger partial charge in [0.15, 0.2) is 6.10 Å². The monoisotopic (exact) mass is 469 g/mol. The van der Waals surface area contributed by atoms with Crippen molar-refractivity contribution in [2.24, 2.45) is 0 Å². The number of nitrogens with zero attached hydrogens (tertiary/aromatic N) is 2. The van der Waals surface area contributed by atoms with E-state index in [1.165, 1.54) is 6.92 Å². The summed E-state index contributed by atoms with van der Waals surface area (Å²) in [5.41, 5.74) is 2.05. The van der Waals surface area contributed by atoms with E-state index in [9.17, 15) is 9.59 Å². The molecule has 9 heteroatoms. The summed E-state index contributed by atoms with van der Waals surface area (Å²) < 4.78 is 23.2. The lowest BCUT2D eigenvalue weighted by atomic mass is 10.1. The normalized spacial score (nSPS) is 17.4. The van der Waals surface area contributed by atoms with Crippen molar-refractivity contribution in [3.05, 3.63) is 36.4 Å². The van der Waals surface area contributed by atoms with Crippen LogP contribution in [0.25, 0.3) is 0 Å². The highest BCUT2D eigenvalue weighted by atomic mass is 16.5. The van der Waals surface area contributed by atoms with Crippen molar-refractivity contribution in [1.29, 1.82) is 0 Å². The van der Waals surface area contributed by atoms with Gasteiger partial charge in [-0.2, -0.15) is 0 Å². The number of hydrogen-bond acceptors (Lipinski definition) is 7. The Bertz CT molecular complexity index is 1040. The minimum atomic E-state index is -0.872. The number of morpholine rings is 1. The van der Waals surface area contributed by atoms with Crippen LogP contribution in [0.15, 0.2) is 36.4 Å². The predicted molar refractivity (Wildman–Crippen MR) is 129 cm³/mol. The Morgan fingerprint density at radius 2 is 1.74 bits per heavy atom. The van der Waals surface area contributed by atoms with Crippen molar-refractivity contribution in [2.45, 2.75) is 26.9 Å². The highest BCUT2D eigenvalue weighted by Gasteiger charge is 2.33. The number of ether oxygens (including phenoxy) is 4. The zero-order chi connectivity index (χ0) is 24.1. The lowest BCUT2D eigenvalue weighted by Gasteiger charge is -2.34. The molecule has 2 heterocycles. The number of carbonyl (C=O) groups is 2. The fourth-order valence-electron chi connectivity index (χ4n) is 4.13. The fraction of sp³-hybridized carbons (Fsp3) is 0.440. The number of carbonyl (C=O) groups excluding carboxylic acids is 2. The first kappa shape index (κ1) is 23.7.